The fourth-order valence-electron chi connectivity index (χ4n) is 1.57. The molecule has 0 saturated heterocycles. The van der Waals surface area contributed by atoms with Crippen LogP contribution in [0.25, 0.3) is 0 Å². The molecular weight excluding hydrogens is 258 g/mol. The van der Waals surface area contributed by atoms with Crippen LogP contribution in [-0.4, -0.2) is 17.6 Å². The lowest BCUT2D eigenvalue weighted by atomic mass is 10.2. The lowest BCUT2D eigenvalue weighted by molar-refractivity contribution is -0.121. The summed E-state index contributed by atoms with van der Waals surface area (Å²) >= 11 is 1.60. The molecule has 3 nitrogen and oxygen atoms in total. The third kappa shape index (κ3) is 7.00. The Morgan fingerprint density at radius 2 is 2.32 bits per heavy atom. The quantitative estimate of drug-likeness (QED) is 0.595. The average Bonchev–Trinajstić information content (AvgIpc) is 2.85. The van der Waals surface area contributed by atoms with Crippen LogP contribution in [0.1, 0.15) is 49.5 Å². The smallest absolute Gasteiger partial charge is 0.220 e. The summed E-state index contributed by atoms with van der Waals surface area (Å²) in [5, 5.41) is 13.5. The van der Waals surface area contributed by atoms with E-state index in [2.05, 4.69) is 24.1 Å². The van der Waals surface area contributed by atoms with Gasteiger partial charge in [-0.1, -0.05) is 31.6 Å². The highest BCUT2D eigenvalue weighted by atomic mass is 32.1. The fourth-order valence-corrected chi connectivity index (χ4v) is 2.32. The molecule has 0 aliphatic heterocycles. The Bertz CT molecular complexity index is 442. The number of unbranched alkanes of at least 4 members (excludes halogenated alkanes) is 2. The van der Waals surface area contributed by atoms with Crippen LogP contribution in [0, 0.1) is 11.8 Å². The molecule has 0 aliphatic rings. The summed E-state index contributed by atoms with van der Waals surface area (Å²) < 4.78 is 0. The van der Waals surface area contributed by atoms with Crippen molar-refractivity contribution in [2.45, 2.75) is 45.6 Å². The Morgan fingerprint density at radius 3 is 3.05 bits per heavy atom. The Morgan fingerprint density at radius 1 is 1.47 bits per heavy atom. The van der Waals surface area contributed by atoms with Crippen molar-refractivity contribution in [1.29, 1.82) is 0 Å². The fraction of sp³-hybridized carbons (Fsp3) is 0.533. The van der Waals surface area contributed by atoms with E-state index in [0.29, 0.717) is 19.4 Å². The maximum Gasteiger partial charge on any atom is 0.220 e. The van der Waals surface area contributed by atoms with Crippen molar-refractivity contribution < 1.29 is 9.90 Å². The van der Waals surface area contributed by atoms with Gasteiger partial charge >= 0.3 is 0 Å². The van der Waals surface area contributed by atoms with Gasteiger partial charge in [0.05, 0.1) is 13.2 Å². The van der Waals surface area contributed by atoms with E-state index in [1.54, 1.807) is 11.3 Å². The molecule has 0 aliphatic carbocycles. The summed E-state index contributed by atoms with van der Waals surface area (Å²) in [5.74, 6) is 5.99. The Balaban J connectivity index is 2.30. The van der Waals surface area contributed by atoms with Crippen LogP contribution in [0.3, 0.4) is 0 Å². The van der Waals surface area contributed by atoms with Gasteiger partial charge in [-0.05, 0) is 12.5 Å². The molecule has 0 atom stereocenters. The molecule has 0 radical (unpaired) electrons. The Labute approximate surface area is 119 Å². The third-order valence-corrected chi connectivity index (χ3v) is 3.53. The molecule has 1 amide bonds. The number of nitrogens with one attached hydrogen (secondary N) is 1. The highest BCUT2D eigenvalue weighted by Crippen LogP contribution is 2.13. The van der Waals surface area contributed by atoms with Crippen molar-refractivity contribution in [2.24, 2.45) is 0 Å². The van der Waals surface area contributed by atoms with E-state index in [4.69, 9.17) is 5.11 Å². The van der Waals surface area contributed by atoms with E-state index >= 15 is 0 Å². The van der Waals surface area contributed by atoms with E-state index in [1.165, 1.54) is 0 Å². The van der Waals surface area contributed by atoms with Crippen LogP contribution in [0.15, 0.2) is 11.4 Å². The van der Waals surface area contributed by atoms with Crippen molar-refractivity contribution in [3.63, 3.8) is 0 Å². The number of aliphatic hydroxyl groups excluding tert-OH is 1. The first-order chi connectivity index (χ1) is 9.26. The molecule has 0 unspecified atom stereocenters. The van der Waals surface area contributed by atoms with E-state index in [0.717, 1.165) is 29.7 Å². The number of thiophene rings is 1. The summed E-state index contributed by atoms with van der Waals surface area (Å²) in [6, 6.07) is 1.99. The van der Waals surface area contributed by atoms with Crippen LogP contribution in [-0.2, 0) is 11.3 Å². The van der Waals surface area contributed by atoms with Gasteiger partial charge in [0.15, 0.2) is 0 Å². The van der Waals surface area contributed by atoms with E-state index in [1.807, 2.05) is 11.4 Å². The number of rotatable bonds is 7. The topological polar surface area (TPSA) is 49.3 Å². The molecule has 4 heteroatoms. The second-order valence-corrected chi connectivity index (χ2v) is 5.31. The first kappa shape index (κ1) is 15.7. The van der Waals surface area contributed by atoms with Gasteiger partial charge in [0.1, 0.15) is 0 Å². The number of carbonyl (C=O) groups excluding carboxylic acids is 1. The minimum absolute atomic E-state index is 0.0951. The zero-order valence-electron chi connectivity index (χ0n) is 11.4. The van der Waals surface area contributed by atoms with Gasteiger partial charge < -0.3 is 10.4 Å². The largest absolute Gasteiger partial charge is 0.395 e. The maximum atomic E-state index is 11.5. The first-order valence-electron chi connectivity index (χ1n) is 6.70. The normalized spacial score (nSPS) is 9.79. The summed E-state index contributed by atoms with van der Waals surface area (Å²) in [4.78, 5) is 12.7. The van der Waals surface area contributed by atoms with Crippen molar-refractivity contribution in [1.82, 2.24) is 5.32 Å². The second-order valence-electron chi connectivity index (χ2n) is 4.31. The van der Waals surface area contributed by atoms with Crippen LogP contribution >= 0.6 is 11.3 Å². The number of carbonyl (C=O) groups is 1. The predicted molar refractivity (Wildman–Crippen MR) is 78.9 cm³/mol. The standard InChI is InChI=1S/C15H21NO2S/c1-2-3-4-8-15(18)16-11-14-10-13(12-19-14)7-5-6-9-17/h10,12,17H,2-4,6,8-9,11H2,1H3,(H,16,18). The van der Waals surface area contributed by atoms with Crippen LogP contribution in [0.4, 0.5) is 0 Å². The monoisotopic (exact) mass is 279 g/mol. The first-order valence-corrected chi connectivity index (χ1v) is 7.58. The number of amides is 1. The highest BCUT2D eigenvalue weighted by Gasteiger charge is 2.02. The van der Waals surface area contributed by atoms with Gasteiger partial charge in [0, 0.05) is 28.7 Å². The van der Waals surface area contributed by atoms with Crippen molar-refractivity contribution in [3.05, 3.63) is 21.9 Å². The SMILES string of the molecule is CCCCCC(=O)NCc1cc(C#CCCO)cs1. The summed E-state index contributed by atoms with van der Waals surface area (Å²) in [5.41, 5.74) is 0.952. The molecule has 0 fully saturated rings. The average molecular weight is 279 g/mol. The lowest BCUT2D eigenvalue weighted by Gasteiger charge is -2.02. The van der Waals surface area contributed by atoms with Gasteiger partial charge in [-0.25, -0.2) is 0 Å². The molecular formula is C15H21NO2S. The molecule has 0 saturated carbocycles. The van der Waals surface area contributed by atoms with Crippen LogP contribution in [0.5, 0.6) is 0 Å². The lowest BCUT2D eigenvalue weighted by Crippen LogP contribution is -2.21. The van der Waals surface area contributed by atoms with Gasteiger partial charge in [0.2, 0.25) is 5.91 Å². The number of hydrogen-bond donors (Lipinski definition) is 2. The van der Waals surface area contributed by atoms with Crippen LogP contribution < -0.4 is 5.32 Å². The highest BCUT2D eigenvalue weighted by molar-refractivity contribution is 7.10. The Kier molecular flexibility index (Phi) is 7.95. The third-order valence-electron chi connectivity index (χ3n) is 2.59. The zero-order chi connectivity index (χ0) is 13.9. The van der Waals surface area contributed by atoms with E-state index in [-0.39, 0.29) is 12.5 Å². The van der Waals surface area contributed by atoms with Gasteiger partial charge in [0.25, 0.3) is 0 Å². The van der Waals surface area contributed by atoms with Crippen molar-refractivity contribution in [2.75, 3.05) is 6.61 Å². The van der Waals surface area contributed by atoms with Crippen LogP contribution in [0.2, 0.25) is 0 Å². The molecule has 0 bridgehead atoms. The zero-order valence-corrected chi connectivity index (χ0v) is 12.2. The molecule has 1 aromatic rings. The van der Waals surface area contributed by atoms with E-state index in [9.17, 15) is 4.79 Å². The minimum atomic E-state index is 0.0951. The van der Waals surface area contributed by atoms with Crippen molar-refractivity contribution in [3.8, 4) is 11.8 Å². The molecule has 104 valence electrons. The summed E-state index contributed by atoms with van der Waals surface area (Å²) in [6.45, 7) is 2.80. The van der Waals surface area contributed by atoms with Crippen molar-refractivity contribution >= 4 is 17.2 Å². The molecule has 0 aromatic carbocycles. The molecule has 1 heterocycles. The molecule has 1 aromatic heterocycles. The second kappa shape index (κ2) is 9.60. The molecule has 2 N–H and O–H groups in total. The predicted octanol–water partition coefficient (Wildman–Crippen LogP) is 2.68. The number of hydrogen-bond acceptors (Lipinski definition) is 3. The van der Waals surface area contributed by atoms with Gasteiger partial charge in [-0.3, -0.25) is 4.79 Å². The maximum absolute atomic E-state index is 11.5. The minimum Gasteiger partial charge on any atom is -0.395 e. The summed E-state index contributed by atoms with van der Waals surface area (Å²) in [6.07, 6.45) is 4.32. The summed E-state index contributed by atoms with van der Waals surface area (Å²) in [7, 11) is 0. The van der Waals surface area contributed by atoms with Gasteiger partial charge in [-0.2, -0.15) is 0 Å². The van der Waals surface area contributed by atoms with Gasteiger partial charge in [-0.15, -0.1) is 11.3 Å². The van der Waals surface area contributed by atoms with E-state index < -0.39 is 0 Å². The molecule has 0 spiro atoms. The molecule has 19 heavy (non-hydrogen) atoms. The molecule has 1 rings (SSSR count). The number of aliphatic hydroxyl groups is 1. The Hall–Kier alpha value is -1.31.